The Hall–Kier alpha value is -4.29. The molecule has 2 aliphatic rings. The second-order valence-corrected chi connectivity index (χ2v) is 11.6. The van der Waals surface area contributed by atoms with E-state index in [0.29, 0.717) is 42.2 Å². The fourth-order valence-electron chi connectivity index (χ4n) is 5.12. The van der Waals surface area contributed by atoms with Crippen molar-refractivity contribution in [2.24, 2.45) is 0 Å². The molecule has 0 radical (unpaired) electrons. The number of imidazole rings is 1. The van der Waals surface area contributed by atoms with E-state index in [2.05, 4.69) is 9.97 Å². The lowest BCUT2D eigenvalue weighted by Gasteiger charge is -2.29. The Balaban J connectivity index is 1.45. The van der Waals surface area contributed by atoms with Crippen LogP contribution in [0.4, 0.5) is 37.0 Å². The summed E-state index contributed by atoms with van der Waals surface area (Å²) in [6.45, 7) is 6.38. The van der Waals surface area contributed by atoms with Crippen LogP contribution in [-0.4, -0.2) is 57.7 Å². The van der Waals surface area contributed by atoms with Gasteiger partial charge in [-0.25, -0.2) is 14.8 Å². The highest BCUT2D eigenvalue weighted by Crippen LogP contribution is 2.38. The summed E-state index contributed by atoms with van der Waals surface area (Å²) < 4.78 is 85.9. The van der Waals surface area contributed by atoms with Crippen LogP contribution in [0.25, 0.3) is 22.4 Å². The molecule has 0 unspecified atom stereocenters. The monoisotopic (exact) mass is 619 g/mol. The molecule has 0 saturated heterocycles. The van der Waals surface area contributed by atoms with Gasteiger partial charge in [-0.05, 0) is 69.0 Å². The van der Waals surface area contributed by atoms with Gasteiger partial charge < -0.3 is 19.5 Å². The Kier molecular flexibility index (Phi) is 8.25. The third-order valence-corrected chi connectivity index (χ3v) is 7.27. The van der Waals surface area contributed by atoms with Crippen molar-refractivity contribution in [3.8, 4) is 11.3 Å². The number of halogens is 6. The highest BCUT2D eigenvalue weighted by Gasteiger charge is 2.36. The van der Waals surface area contributed by atoms with E-state index in [1.165, 1.54) is 24.4 Å². The van der Waals surface area contributed by atoms with E-state index in [0.717, 1.165) is 29.3 Å². The minimum Gasteiger partial charge on any atom is -0.444 e. The van der Waals surface area contributed by atoms with Gasteiger partial charge in [0, 0.05) is 37.9 Å². The second-order valence-electron chi connectivity index (χ2n) is 11.6. The zero-order valence-corrected chi connectivity index (χ0v) is 24.3. The number of benzene rings is 1. The molecule has 3 aromatic rings. The summed E-state index contributed by atoms with van der Waals surface area (Å²) in [7, 11) is 0. The van der Waals surface area contributed by atoms with Gasteiger partial charge in [0.15, 0.2) is 0 Å². The number of nitrogens with one attached hydrogen (secondary N) is 1. The molecule has 4 heterocycles. The van der Waals surface area contributed by atoms with Crippen LogP contribution in [0, 0.1) is 0 Å². The number of carbonyl (C=O) groups excluding carboxylic acids is 1. The maximum Gasteiger partial charge on any atom is 0.419 e. The van der Waals surface area contributed by atoms with Crippen LogP contribution in [0.3, 0.4) is 0 Å². The number of aromatic nitrogens is 3. The zero-order chi connectivity index (χ0) is 31.9. The lowest BCUT2D eigenvalue weighted by atomic mass is 9.99. The summed E-state index contributed by atoms with van der Waals surface area (Å²) in [6.07, 6.45) is -3.75. The van der Waals surface area contributed by atoms with E-state index < -0.39 is 35.2 Å². The average Bonchev–Trinajstić information content (AvgIpc) is 3.41. The molecule has 5 rings (SSSR count). The van der Waals surface area contributed by atoms with Crippen molar-refractivity contribution in [3.05, 3.63) is 77.4 Å². The quantitative estimate of drug-likeness (QED) is 0.302. The van der Waals surface area contributed by atoms with Crippen LogP contribution in [0.5, 0.6) is 0 Å². The van der Waals surface area contributed by atoms with E-state index in [1.807, 2.05) is 6.08 Å². The first-order chi connectivity index (χ1) is 20.6. The Morgan fingerprint density at radius 3 is 2.14 bits per heavy atom. The SMILES string of the molecule is CC(C)(C)OC(=O)N1CC=C(c2nc(C3=CCN(c4ncccc4C(F)(F)F)CC3)[nH]c2-c2ccc(C(F)(F)F)cc2)CC1. The number of amides is 1. The van der Waals surface area contributed by atoms with E-state index >= 15 is 0 Å². The minimum absolute atomic E-state index is 0.150. The molecular weight excluding hydrogens is 588 g/mol. The number of alkyl halides is 6. The van der Waals surface area contributed by atoms with Gasteiger partial charge in [-0.15, -0.1) is 0 Å². The zero-order valence-electron chi connectivity index (χ0n) is 24.3. The number of anilines is 1. The van der Waals surface area contributed by atoms with Crippen molar-refractivity contribution in [2.75, 3.05) is 31.1 Å². The molecule has 2 aliphatic heterocycles. The molecule has 0 atom stereocenters. The van der Waals surface area contributed by atoms with Gasteiger partial charge in [0.05, 0.1) is 22.5 Å². The number of nitrogens with zero attached hydrogens (tertiary/aromatic N) is 4. The number of hydrogen-bond donors (Lipinski definition) is 1. The standard InChI is InChI=1S/C31H31F6N5O2/c1-29(2,3)44-28(43)42-17-10-20(11-18-42)25-24(19-6-8-22(9-7-19)30(32,33)34)39-26(40-25)21-12-15-41(16-13-21)27-23(31(35,36)37)5-4-14-38-27/h4-10,12,14H,11,13,15-18H2,1-3H3,(H,39,40). The Morgan fingerprint density at radius 2 is 1.57 bits per heavy atom. The van der Waals surface area contributed by atoms with Gasteiger partial charge in [0.2, 0.25) is 0 Å². The lowest BCUT2D eigenvalue weighted by molar-refractivity contribution is -0.138. The highest BCUT2D eigenvalue weighted by atomic mass is 19.4. The molecule has 2 aromatic heterocycles. The van der Waals surface area contributed by atoms with Crippen molar-refractivity contribution < 1.29 is 35.9 Å². The van der Waals surface area contributed by atoms with Crippen molar-refractivity contribution in [1.82, 2.24) is 19.9 Å². The summed E-state index contributed by atoms with van der Waals surface area (Å²) in [6, 6.07) is 6.99. The van der Waals surface area contributed by atoms with Crippen molar-refractivity contribution in [3.63, 3.8) is 0 Å². The fraction of sp³-hybridized carbons (Fsp3) is 0.387. The van der Waals surface area contributed by atoms with Crippen LogP contribution in [0.15, 0.2) is 54.7 Å². The summed E-state index contributed by atoms with van der Waals surface area (Å²) >= 11 is 0. The van der Waals surface area contributed by atoms with Gasteiger partial charge >= 0.3 is 18.4 Å². The first-order valence-electron chi connectivity index (χ1n) is 14.0. The number of rotatable bonds is 4. The Bertz CT molecular complexity index is 1580. The molecule has 0 spiro atoms. The molecule has 0 aliphatic carbocycles. The van der Waals surface area contributed by atoms with E-state index in [1.54, 1.807) is 36.6 Å². The highest BCUT2D eigenvalue weighted by molar-refractivity contribution is 5.81. The molecule has 234 valence electrons. The van der Waals surface area contributed by atoms with Crippen LogP contribution in [0.1, 0.15) is 56.3 Å². The second kappa shape index (κ2) is 11.7. The minimum atomic E-state index is -4.55. The van der Waals surface area contributed by atoms with Crippen LogP contribution >= 0.6 is 0 Å². The maximum absolute atomic E-state index is 13.6. The molecule has 0 bridgehead atoms. The van der Waals surface area contributed by atoms with Crippen molar-refractivity contribution in [1.29, 1.82) is 0 Å². The Morgan fingerprint density at radius 1 is 0.886 bits per heavy atom. The largest absolute Gasteiger partial charge is 0.444 e. The van der Waals surface area contributed by atoms with Crippen LogP contribution in [0.2, 0.25) is 0 Å². The number of hydrogen-bond acceptors (Lipinski definition) is 5. The lowest BCUT2D eigenvalue weighted by Crippen LogP contribution is -2.39. The molecule has 1 amide bonds. The number of aromatic amines is 1. The third kappa shape index (κ3) is 6.92. The van der Waals surface area contributed by atoms with Crippen molar-refractivity contribution in [2.45, 2.75) is 51.6 Å². The normalized spacial score (nSPS) is 16.5. The number of pyridine rings is 1. The first-order valence-corrected chi connectivity index (χ1v) is 14.0. The molecule has 7 nitrogen and oxygen atoms in total. The van der Waals surface area contributed by atoms with Crippen LogP contribution < -0.4 is 4.90 Å². The predicted octanol–water partition coefficient (Wildman–Crippen LogP) is 7.83. The van der Waals surface area contributed by atoms with E-state index in [4.69, 9.17) is 9.72 Å². The van der Waals surface area contributed by atoms with E-state index in [9.17, 15) is 31.1 Å². The number of ether oxygens (including phenoxy) is 1. The van der Waals surface area contributed by atoms with Crippen LogP contribution in [-0.2, 0) is 17.1 Å². The van der Waals surface area contributed by atoms with Crippen molar-refractivity contribution >= 4 is 23.1 Å². The smallest absolute Gasteiger partial charge is 0.419 e. The molecular formula is C31H31F6N5O2. The summed E-state index contributed by atoms with van der Waals surface area (Å²) in [5, 5.41) is 0. The third-order valence-electron chi connectivity index (χ3n) is 7.27. The molecule has 0 saturated carbocycles. The Labute approximate surface area is 250 Å². The molecule has 0 fully saturated rings. The first kappa shape index (κ1) is 31.1. The molecule has 44 heavy (non-hydrogen) atoms. The molecule has 1 aromatic carbocycles. The fourth-order valence-corrected chi connectivity index (χ4v) is 5.12. The molecule has 1 N–H and O–H groups in total. The van der Waals surface area contributed by atoms with Gasteiger partial charge in [-0.2, -0.15) is 26.3 Å². The summed E-state index contributed by atoms with van der Waals surface area (Å²) in [5.74, 6) is 0.324. The predicted molar refractivity (Wildman–Crippen MR) is 153 cm³/mol. The summed E-state index contributed by atoms with van der Waals surface area (Å²) in [5.41, 5.74) is 0.863. The number of carbonyl (C=O) groups is 1. The number of H-pyrrole nitrogens is 1. The maximum atomic E-state index is 13.6. The van der Waals surface area contributed by atoms with Gasteiger partial charge in [-0.3, -0.25) is 0 Å². The van der Waals surface area contributed by atoms with Gasteiger partial charge in [0.1, 0.15) is 17.2 Å². The van der Waals surface area contributed by atoms with Gasteiger partial charge in [0.25, 0.3) is 0 Å². The van der Waals surface area contributed by atoms with E-state index in [-0.39, 0.29) is 25.5 Å². The average molecular weight is 620 g/mol. The molecule has 13 heteroatoms. The summed E-state index contributed by atoms with van der Waals surface area (Å²) in [4.78, 5) is 27.7. The van der Waals surface area contributed by atoms with Gasteiger partial charge in [-0.1, -0.05) is 24.3 Å². The topological polar surface area (TPSA) is 74.3 Å².